The summed E-state index contributed by atoms with van der Waals surface area (Å²) >= 11 is 0. The Morgan fingerprint density at radius 1 is 1.41 bits per heavy atom. The van der Waals surface area contributed by atoms with E-state index in [1.807, 2.05) is 0 Å². The van der Waals surface area contributed by atoms with Gasteiger partial charge in [-0.3, -0.25) is 4.79 Å². The van der Waals surface area contributed by atoms with Crippen LogP contribution in [-0.2, 0) is 14.6 Å². The summed E-state index contributed by atoms with van der Waals surface area (Å²) < 4.78 is 28.3. The molecule has 0 aliphatic rings. The number of benzene rings is 1. The highest BCUT2D eigenvalue weighted by atomic mass is 32.2. The Kier molecular flexibility index (Phi) is 3.77. The average molecular weight is 258 g/mol. The number of methoxy groups -OCH3 is 1. The lowest BCUT2D eigenvalue weighted by molar-refractivity contribution is -0.138. The summed E-state index contributed by atoms with van der Waals surface area (Å²) in [4.78, 5) is 10.9. The van der Waals surface area contributed by atoms with Crippen molar-refractivity contribution in [2.24, 2.45) is 0 Å². The fraction of sp³-hybridized carbons (Fsp3) is 0.364. The molecule has 0 aliphatic heterocycles. The molecule has 1 atom stereocenters. The van der Waals surface area contributed by atoms with Crippen LogP contribution in [-0.4, -0.2) is 32.9 Å². The Hall–Kier alpha value is -1.56. The molecule has 0 aliphatic carbocycles. The zero-order valence-corrected chi connectivity index (χ0v) is 10.6. The molecular formula is C11H14O5S. The minimum absolute atomic E-state index is 0.0580. The lowest BCUT2D eigenvalue weighted by atomic mass is 10.0. The topological polar surface area (TPSA) is 80.7 Å². The number of rotatable bonds is 4. The van der Waals surface area contributed by atoms with E-state index in [0.717, 1.165) is 6.26 Å². The Morgan fingerprint density at radius 3 is 2.41 bits per heavy atom. The van der Waals surface area contributed by atoms with E-state index in [2.05, 4.69) is 0 Å². The summed E-state index contributed by atoms with van der Waals surface area (Å²) in [6, 6.07) is 4.55. The second kappa shape index (κ2) is 4.75. The number of carboxylic acid groups (broad SMARTS) is 1. The number of ether oxygens (including phenoxy) is 1. The summed E-state index contributed by atoms with van der Waals surface area (Å²) in [5, 5.41) is 8.95. The maximum absolute atomic E-state index is 11.7. The molecule has 0 aromatic heterocycles. The fourth-order valence-electron chi connectivity index (χ4n) is 1.56. The van der Waals surface area contributed by atoms with E-state index in [-0.39, 0.29) is 16.2 Å². The van der Waals surface area contributed by atoms with Crippen LogP contribution < -0.4 is 4.74 Å². The van der Waals surface area contributed by atoms with Gasteiger partial charge in [0.2, 0.25) is 0 Å². The van der Waals surface area contributed by atoms with Gasteiger partial charge in [0.25, 0.3) is 0 Å². The van der Waals surface area contributed by atoms with Gasteiger partial charge in [-0.1, -0.05) is 12.1 Å². The van der Waals surface area contributed by atoms with Crippen LogP contribution in [0.1, 0.15) is 18.4 Å². The molecule has 17 heavy (non-hydrogen) atoms. The van der Waals surface area contributed by atoms with Crippen molar-refractivity contribution in [2.75, 3.05) is 13.4 Å². The molecule has 0 saturated heterocycles. The van der Waals surface area contributed by atoms with E-state index < -0.39 is 21.7 Å². The van der Waals surface area contributed by atoms with Crippen molar-refractivity contribution in [2.45, 2.75) is 17.7 Å². The molecule has 1 rings (SSSR count). The van der Waals surface area contributed by atoms with Crippen molar-refractivity contribution in [1.29, 1.82) is 0 Å². The van der Waals surface area contributed by atoms with Crippen LogP contribution in [0.5, 0.6) is 5.75 Å². The first-order valence-corrected chi connectivity index (χ1v) is 6.78. The van der Waals surface area contributed by atoms with Crippen LogP contribution in [0.25, 0.3) is 0 Å². The summed E-state index contributed by atoms with van der Waals surface area (Å²) in [5.74, 6) is -1.82. The van der Waals surface area contributed by atoms with Gasteiger partial charge in [-0.05, 0) is 18.6 Å². The SMILES string of the molecule is COc1cccc(C(C)C(=O)O)c1S(C)(=O)=O. The van der Waals surface area contributed by atoms with E-state index in [0.29, 0.717) is 0 Å². The van der Waals surface area contributed by atoms with E-state index in [1.54, 1.807) is 6.07 Å². The van der Waals surface area contributed by atoms with Gasteiger partial charge >= 0.3 is 5.97 Å². The minimum atomic E-state index is -3.54. The van der Waals surface area contributed by atoms with Crippen molar-refractivity contribution in [3.63, 3.8) is 0 Å². The molecule has 1 aromatic rings. The van der Waals surface area contributed by atoms with Gasteiger partial charge in [0, 0.05) is 6.26 Å². The Labute approximate surface area is 100.0 Å². The zero-order valence-electron chi connectivity index (χ0n) is 9.80. The van der Waals surface area contributed by atoms with Gasteiger partial charge in [0.1, 0.15) is 10.6 Å². The smallest absolute Gasteiger partial charge is 0.310 e. The van der Waals surface area contributed by atoms with E-state index in [1.165, 1.54) is 26.2 Å². The van der Waals surface area contributed by atoms with E-state index in [9.17, 15) is 13.2 Å². The second-order valence-corrected chi connectivity index (χ2v) is 5.66. The Bertz CT molecular complexity index is 533. The molecular weight excluding hydrogens is 244 g/mol. The normalized spacial score (nSPS) is 13.1. The predicted octanol–water partition coefficient (Wildman–Crippen LogP) is 1.29. The maximum Gasteiger partial charge on any atom is 0.310 e. The van der Waals surface area contributed by atoms with Crippen LogP contribution >= 0.6 is 0 Å². The summed E-state index contributed by atoms with van der Waals surface area (Å²) in [7, 11) is -2.20. The summed E-state index contributed by atoms with van der Waals surface area (Å²) in [6.45, 7) is 1.44. The van der Waals surface area contributed by atoms with Crippen molar-refractivity contribution in [1.82, 2.24) is 0 Å². The van der Waals surface area contributed by atoms with E-state index in [4.69, 9.17) is 9.84 Å². The fourth-order valence-corrected chi connectivity index (χ4v) is 2.75. The third kappa shape index (κ3) is 2.76. The van der Waals surface area contributed by atoms with Gasteiger partial charge in [-0.2, -0.15) is 0 Å². The van der Waals surface area contributed by atoms with E-state index >= 15 is 0 Å². The van der Waals surface area contributed by atoms with Crippen LogP contribution in [0.2, 0.25) is 0 Å². The first-order chi connectivity index (χ1) is 7.79. The molecule has 0 amide bonds. The molecule has 94 valence electrons. The third-order valence-corrected chi connectivity index (χ3v) is 3.62. The van der Waals surface area contributed by atoms with Crippen molar-refractivity contribution < 1.29 is 23.1 Å². The number of hydrogen-bond donors (Lipinski definition) is 1. The quantitative estimate of drug-likeness (QED) is 0.880. The largest absolute Gasteiger partial charge is 0.495 e. The molecule has 0 radical (unpaired) electrons. The summed E-state index contributed by atoms with van der Waals surface area (Å²) in [5.41, 5.74) is 0.236. The van der Waals surface area contributed by atoms with Gasteiger partial charge < -0.3 is 9.84 Å². The highest BCUT2D eigenvalue weighted by Gasteiger charge is 2.25. The lowest BCUT2D eigenvalue weighted by Gasteiger charge is -2.14. The van der Waals surface area contributed by atoms with Gasteiger partial charge in [0.05, 0.1) is 13.0 Å². The molecule has 1 aromatic carbocycles. The monoisotopic (exact) mass is 258 g/mol. The molecule has 1 N–H and O–H groups in total. The number of carbonyl (C=O) groups is 1. The van der Waals surface area contributed by atoms with Gasteiger partial charge in [0.15, 0.2) is 9.84 Å². The van der Waals surface area contributed by atoms with Crippen LogP contribution in [0.4, 0.5) is 0 Å². The highest BCUT2D eigenvalue weighted by molar-refractivity contribution is 7.90. The molecule has 0 bridgehead atoms. The Morgan fingerprint density at radius 2 is 2.00 bits per heavy atom. The first-order valence-electron chi connectivity index (χ1n) is 4.88. The molecule has 0 heterocycles. The lowest BCUT2D eigenvalue weighted by Crippen LogP contribution is -2.13. The second-order valence-electron chi connectivity index (χ2n) is 3.71. The van der Waals surface area contributed by atoms with Crippen molar-refractivity contribution in [3.05, 3.63) is 23.8 Å². The number of aliphatic carboxylic acids is 1. The molecule has 0 spiro atoms. The predicted molar refractivity (Wildman–Crippen MR) is 62.2 cm³/mol. The minimum Gasteiger partial charge on any atom is -0.495 e. The first kappa shape index (κ1) is 13.5. The Balaban J connectivity index is 3.56. The van der Waals surface area contributed by atoms with Gasteiger partial charge in [-0.25, -0.2) is 8.42 Å². The van der Waals surface area contributed by atoms with Crippen LogP contribution in [0.3, 0.4) is 0 Å². The summed E-state index contributed by atoms with van der Waals surface area (Å²) in [6.07, 6.45) is 1.03. The highest BCUT2D eigenvalue weighted by Crippen LogP contribution is 2.32. The van der Waals surface area contributed by atoms with Crippen molar-refractivity contribution >= 4 is 15.8 Å². The maximum atomic E-state index is 11.7. The molecule has 1 unspecified atom stereocenters. The number of hydrogen-bond acceptors (Lipinski definition) is 4. The van der Waals surface area contributed by atoms with Crippen molar-refractivity contribution in [3.8, 4) is 5.75 Å². The van der Waals surface area contributed by atoms with Crippen LogP contribution in [0.15, 0.2) is 23.1 Å². The molecule has 5 nitrogen and oxygen atoms in total. The molecule has 6 heteroatoms. The standard InChI is InChI=1S/C11H14O5S/c1-7(11(12)13)8-5-4-6-9(16-2)10(8)17(3,14)15/h4-7H,1-3H3,(H,12,13). The third-order valence-electron chi connectivity index (χ3n) is 2.44. The number of sulfone groups is 1. The molecule has 0 saturated carbocycles. The molecule has 0 fully saturated rings. The number of carboxylic acids is 1. The average Bonchev–Trinajstić information content (AvgIpc) is 2.25. The zero-order chi connectivity index (χ0) is 13.2. The van der Waals surface area contributed by atoms with Crippen LogP contribution in [0, 0.1) is 0 Å². The van der Waals surface area contributed by atoms with Gasteiger partial charge in [-0.15, -0.1) is 0 Å².